The Balaban J connectivity index is 2.28. The quantitative estimate of drug-likeness (QED) is 0.536. The summed E-state index contributed by atoms with van der Waals surface area (Å²) in [5.74, 6) is -1.20. The minimum atomic E-state index is -1.71. The average Bonchev–Trinajstić information content (AvgIpc) is 2.17. The number of carboxylic acid groups (broad SMARTS) is 1. The van der Waals surface area contributed by atoms with Crippen molar-refractivity contribution in [2.24, 2.45) is 0 Å². The summed E-state index contributed by atoms with van der Waals surface area (Å²) in [7, 11) is 2.05. The minimum absolute atomic E-state index is 0.0338. The molecule has 6 heteroatoms. The van der Waals surface area contributed by atoms with Crippen LogP contribution in [-0.4, -0.2) is 71.5 Å². The van der Waals surface area contributed by atoms with Crippen LogP contribution in [0.3, 0.4) is 0 Å². The van der Waals surface area contributed by atoms with E-state index in [1.807, 2.05) is 12.1 Å². The Hall–Kier alpha value is -0.690. The number of carboxylic acids is 1. The van der Waals surface area contributed by atoms with Crippen molar-refractivity contribution >= 4 is 5.97 Å². The van der Waals surface area contributed by atoms with Gasteiger partial charge in [0.1, 0.15) is 0 Å². The normalized spacial score (nSPS) is 23.7. The summed E-state index contributed by atoms with van der Waals surface area (Å²) in [6, 6.07) is 0. The Labute approximate surface area is 89.4 Å². The molecule has 0 amide bonds. The molecule has 0 aromatic carbocycles. The van der Waals surface area contributed by atoms with Gasteiger partial charge in [-0.2, -0.15) is 0 Å². The number of hydrogen-bond acceptors (Lipinski definition) is 5. The van der Waals surface area contributed by atoms with E-state index in [0.29, 0.717) is 0 Å². The van der Waals surface area contributed by atoms with Gasteiger partial charge in [0.25, 0.3) is 0 Å². The fraction of sp³-hybridized carbons (Fsp3) is 0.889. The highest BCUT2D eigenvalue weighted by Gasteiger charge is 2.30. The van der Waals surface area contributed by atoms with Crippen LogP contribution in [-0.2, 0) is 4.79 Å². The van der Waals surface area contributed by atoms with Crippen LogP contribution in [0.4, 0.5) is 0 Å². The molecule has 0 saturated carbocycles. The third-order valence-electron chi connectivity index (χ3n) is 2.61. The van der Waals surface area contributed by atoms with E-state index in [1.54, 1.807) is 0 Å². The second-order valence-corrected chi connectivity index (χ2v) is 4.20. The molecule has 1 aliphatic heterocycles. The molecule has 6 nitrogen and oxygen atoms in total. The summed E-state index contributed by atoms with van der Waals surface area (Å²) >= 11 is 0. The Kier molecular flexibility index (Phi) is 4.04. The molecule has 3 N–H and O–H groups in total. The maximum absolute atomic E-state index is 10.6. The van der Waals surface area contributed by atoms with Gasteiger partial charge in [0.2, 0.25) is 0 Å². The first-order valence-electron chi connectivity index (χ1n) is 5.04. The average molecular weight is 217 g/mol. The van der Waals surface area contributed by atoms with Gasteiger partial charge in [-0.1, -0.05) is 0 Å². The second-order valence-electron chi connectivity index (χ2n) is 4.20. The van der Waals surface area contributed by atoms with Gasteiger partial charge in [-0.25, -0.2) is 9.80 Å². The summed E-state index contributed by atoms with van der Waals surface area (Å²) in [4.78, 5) is 12.8. The summed E-state index contributed by atoms with van der Waals surface area (Å²) in [6.45, 7) is 4.90. The Morgan fingerprint density at radius 2 is 1.93 bits per heavy atom. The molecule has 0 spiro atoms. The Morgan fingerprint density at radius 1 is 1.40 bits per heavy atom. The summed E-state index contributed by atoms with van der Waals surface area (Å²) in [6.07, 6.45) is 0. The Morgan fingerprint density at radius 3 is 2.40 bits per heavy atom. The van der Waals surface area contributed by atoms with Gasteiger partial charge in [0.15, 0.2) is 5.60 Å². The third-order valence-corrected chi connectivity index (χ3v) is 2.61. The van der Waals surface area contributed by atoms with E-state index in [4.69, 9.17) is 5.11 Å². The molecule has 0 bridgehead atoms. The van der Waals surface area contributed by atoms with Crippen molar-refractivity contribution < 1.29 is 15.0 Å². The number of aliphatic carboxylic acids is 1. The van der Waals surface area contributed by atoms with Crippen molar-refractivity contribution in [3.05, 3.63) is 0 Å². The van der Waals surface area contributed by atoms with E-state index in [2.05, 4.69) is 10.3 Å². The zero-order valence-corrected chi connectivity index (χ0v) is 9.23. The highest BCUT2D eigenvalue weighted by atomic mass is 16.4. The number of hydrazine groups is 1. The molecule has 1 unspecified atom stereocenters. The van der Waals surface area contributed by atoms with Crippen LogP contribution in [0.2, 0.25) is 0 Å². The lowest BCUT2D eigenvalue weighted by atomic mass is 10.1. The molecular weight excluding hydrogens is 198 g/mol. The number of nitrogens with one attached hydrogen (secondary N) is 1. The maximum Gasteiger partial charge on any atom is 0.336 e. The number of aliphatic hydroxyl groups is 1. The highest BCUT2D eigenvalue weighted by Crippen LogP contribution is 2.02. The van der Waals surface area contributed by atoms with Gasteiger partial charge in [-0.15, -0.1) is 0 Å². The molecule has 1 heterocycles. The molecule has 1 rings (SSSR count). The van der Waals surface area contributed by atoms with Gasteiger partial charge in [-0.3, -0.25) is 5.43 Å². The third kappa shape index (κ3) is 3.75. The molecule has 1 atom stereocenters. The predicted octanol–water partition coefficient (Wildman–Crippen LogP) is -1.43. The fourth-order valence-electron chi connectivity index (χ4n) is 1.31. The maximum atomic E-state index is 10.6. The fourth-order valence-corrected chi connectivity index (χ4v) is 1.31. The van der Waals surface area contributed by atoms with Crippen LogP contribution in [0.25, 0.3) is 0 Å². The molecule has 0 aromatic heterocycles. The summed E-state index contributed by atoms with van der Waals surface area (Å²) in [5.41, 5.74) is 1.23. The van der Waals surface area contributed by atoms with E-state index >= 15 is 0 Å². The van der Waals surface area contributed by atoms with Crippen LogP contribution in [0, 0.1) is 0 Å². The second kappa shape index (κ2) is 4.89. The van der Waals surface area contributed by atoms with Crippen molar-refractivity contribution in [3.8, 4) is 0 Å². The number of nitrogens with zero attached hydrogens (tertiary/aromatic N) is 2. The van der Waals surface area contributed by atoms with Crippen LogP contribution in [0.15, 0.2) is 0 Å². The van der Waals surface area contributed by atoms with Gasteiger partial charge < -0.3 is 15.1 Å². The molecular formula is C9H19N3O3. The minimum Gasteiger partial charge on any atom is -0.479 e. The highest BCUT2D eigenvalue weighted by molar-refractivity contribution is 5.76. The smallest absolute Gasteiger partial charge is 0.336 e. The first kappa shape index (κ1) is 12.4. The van der Waals surface area contributed by atoms with E-state index < -0.39 is 11.6 Å². The first-order chi connectivity index (χ1) is 6.92. The van der Waals surface area contributed by atoms with Gasteiger partial charge in [0.05, 0.1) is 0 Å². The summed E-state index contributed by atoms with van der Waals surface area (Å²) < 4.78 is 0. The van der Waals surface area contributed by atoms with E-state index in [0.717, 1.165) is 26.2 Å². The lowest BCUT2D eigenvalue weighted by molar-refractivity contribution is -0.157. The molecule has 15 heavy (non-hydrogen) atoms. The van der Waals surface area contributed by atoms with E-state index in [1.165, 1.54) is 6.92 Å². The van der Waals surface area contributed by atoms with Crippen LogP contribution < -0.4 is 5.43 Å². The van der Waals surface area contributed by atoms with Crippen molar-refractivity contribution in [3.63, 3.8) is 0 Å². The van der Waals surface area contributed by atoms with Gasteiger partial charge in [0, 0.05) is 32.7 Å². The van der Waals surface area contributed by atoms with Crippen molar-refractivity contribution in [1.29, 1.82) is 0 Å². The number of piperazine rings is 1. The number of carbonyl (C=O) groups is 1. The SMILES string of the molecule is CN1CCN(NCC(C)(O)C(=O)O)CC1. The topological polar surface area (TPSA) is 76.0 Å². The number of hydrogen-bond donors (Lipinski definition) is 3. The Bertz CT molecular complexity index is 225. The van der Waals surface area contributed by atoms with Crippen LogP contribution >= 0.6 is 0 Å². The van der Waals surface area contributed by atoms with Crippen molar-refractivity contribution in [2.45, 2.75) is 12.5 Å². The zero-order valence-electron chi connectivity index (χ0n) is 9.23. The molecule has 0 aromatic rings. The lowest BCUT2D eigenvalue weighted by Gasteiger charge is -2.34. The largest absolute Gasteiger partial charge is 0.479 e. The molecule has 1 aliphatic rings. The van der Waals surface area contributed by atoms with Crippen molar-refractivity contribution in [1.82, 2.24) is 15.3 Å². The summed E-state index contributed by atoms with van der Waals surface area (Å²) in [5, 5.41) is 20.1. The van der Waals surface area contributed by atoms with Crippen molar-refractivity contribution in [2.75, 3.05) is 39.8 Å². The zero-order chi connectivity index (χ0) is 11.5. The number of likely N-dealkylation sites (N-methyl/N-ethyl adjacent to an activating group) is 1. The van der Waals surface area contributed by atoms with Crippen LogP contribution in [0.5, 0.6) is 0 Å². The first-order valence-corrected chi connectivity index (χ1v) is 5.04. The molecule has 0 radical (unpaired) electrons. The van der Waals surface area contributed by atoms with E-state index in [-0.39, 0.29) is 6.54 Å². The molecule has 1 saturated heterocycles. The van der Waals surface area contributed by atoms with Crippen LogP contribution in [0.1, 0.15) is 6.92 Å². The predicted molar refractivity (Wildman–Crippen MR) is 55.3 cm³/mol. The monoisotopic (exact) mass is 217 g/mol. The molecule has 88 valence electrons. The standard InChI is InChI=1S/C9H19N3O3/c1-9(15,8(13)14)7-10-12-5-3-11(2)4-6-12/h10,15H,3-7H2,1-2H3,(H,13,14). The lowest BCUT2D eigenvalue weighted by Crippen LogP contribution is -2.55. The van der Waals surface area contributed by atoms with Gasteiger partial charge >= 0.3 is 5.97 Å². The molecule has 0 aliphatic carbocycles. The molecule has 1 fully saturated rings. The number of rotatable bonds is 4. The van der Waals surface area contributed by atoms with Gasteiger partial charge in [-0.05, 0) is 14.0 Å². The van der Waals surface area contributed by atoms with E-state index in [9.17, 15) is 9.90 Å².